The third-order valence-electron chi connectivity index (χ3n) is 6.30. The first-order chi connectivity index (χ1) is 16.0. The molecule has 2 aromatic carbocycles. The van der Waals surface area contributed by atoms with Gasteiger partial charge >= 0.3 is 0 Å². The molecule has 0 spiro atoms. The lowest BCUT2D eigenvalue weighted by atomic mass is 9.98. The lowest BCUT2D eigenvalue weighted by molar-refractivity contribution is -0.114. The van der Waals surface area contributed by atoms with Gasteiger partial charge in [-0.3, -0.25) is 4.79 Å². The Hall–Kier alpha value is -3.12. The summed E-state index contributed by atoms with van der Waals surface area (Å²) in [5, 5.41) is 11.2. The Bertz CT molecular complexity index is 973. The average molecular weight is 449 g/mol. The molecule has 0 saturated carbocycles. The van der Waals surface area contributed by atoms with Crippen molar-refractivity contribution in [1.82, 2.24) is 10.2 Å². The highest BCUT2D eigenvalue weighted by atomic mass is 16.5. The Morgan fingerprint density at radius 1 is 1.12 bits per heavy atom. The number of rotatable bonds is 10. The van der Waals surface area contributed by atoms with Crippen LogP contribution in [-0.2, 0) is 4.79 Å². The van der Waals surface area contributed by atoms with Crippen molar-refractivity contribution in [3.05, 3.63) is 71.4 Å². The minimum atomic E-state index is -0.146. The molecule has 0 aliphatic carbocycles. The Morgan fingerprint density at radius 3 is 2.48 bits per heavy atom. The van der Waals surface area contributed by atoms with Crippen LogP contribution in [0.25, 0.3) is 0 Å². The second-order valence-corrected chi connectivity index (χ2v) is 8.51. The fraction of sp³-hybridized carbons (Fsp3) is 0.407. The molecule has 1 amide bonds. The number of allylic oxidation sites excluding steroid dienone is 1. The van der Waals surface area contributed by atoms with Gasteiger partial charge in [-0.05, 0) is 43.6 Å². The minimum absolute atomic E-state index is 0.141. The van der Waals surface area contributed by atoms with Crippen molar-refractivity contribution in [3.8, 4) is 5.75 Å². The predicted molar refractivity (Wildman–Crippen MR) is 135 cm³/mol. The van der Waals surface area contributed by atoms with Gasteiger partial charge in [0.25, 0.3) is 5.91 Å². The van der Waals surface area contributed by atoms with Crippen LogP contribution in [0.15, 0.2) is 65.9 Å². The van der Waals surface area contributed by atoms with Gasteiger partial charge < -0.3 is 25.3 Å². The molecule has 1 aliphatic heterocycles. The van der Waals surface area contributed by atoms with E-state index in [1.807, 2.05) is 56.6 Å². The zero-order valence-electron chi connectivity index (χ0n) is 20.2. The van der Waals surface area contributed by atoms with Crippen molar-refractivity contribution in [2.24, 2.45) is 5.92 Å². The summed E-state index contributed by atoms with van der Waals surface area (Å²) in [6.45, 7) is 6.26. The van der Waals surface area contributed by atoms with Crippen molar-refractivity contribution in [2.45, 2.75) is 32.8 Å². The summed E-state index contributed by atoms with van der Waals surface area (Å²) in [5.74, 6) is 0.730. The number of ether oxygens (including phenoxy) is 1. The summed E-state index contributed by atoms with van der Waals surface area (Å²) in [6.07, 6.45) is 2.78. The summed E-state index contributed by atoms with van der Waals surface area (Å²) in [4.78, 5) is 17.5. The van der Waals surface area contributed by atoms with E-state index in [2.05, 4.69) is 36.2 Å². The van der Waals surface area contributed by atoms with Crippen molar-refractivity contribution in [1.29, 1.82) is 5.41 Å². The van der Waals surface area contributed by atoms with Crippen LogP contribution >= 0.6 is 0 Å². The summed E-state index contributed by atoms with van der Waals surface area (Å²) in [5.41, 5.74) is 3.23. The zero-order valence-corrected chi connectivity index (χ0v) is 20.2. The fourth-order valence-corrected chi connectivity index (χ4v) is 4.30. The van der Waals surface area contributed by atoms with Gasteiger partial charge in [-0.15, -0.1) is 0 Å². The molecule has 3 rings (SSSR count). The summed E-state index contributed by atoms with van der Waals surface area (Å²) in [7, 11) is 3.94. The second-order valence-electron chi connectivity index (χ2n) is 8.51. The lowest BCUT2D eigenvalue weighted by Gasteiger charge is -2.27. The molecular formula is C27H36N4O2. The smallest absolute Gasteiger partial charge is 0.261 e. The molecule has 0 saturated heterocycles. The molecule has 2 unspecified atom stereocenters. The van der Waals surface area contributed by atoms with Crippen LogP contribution < -0.4 is 15.0 Å². The highest BCUT2D eigenvalue weighted by molar-refractivity contribution is 6.19. The van der Waals surface area contributed by atoms with Crippen molar-refractivity contribution < 1.29 is 9.53 Å². The number of carbonyl (C=O) groups excluding carboxylic acids is 1. The van der Waals surface area contributed by atoms with Gasteiger partial charge in [-0.2, -0.15) is 0 Å². The number of carbonyl (C=O) groups is 1. The lowest BCUT2D eigenvalue weighted by Crippen LogP contribution is -2.35. The molecule has 0 radical (unpaired) electrons. The molecule has 33 heavy (non-hydrogen) atoms. The number of amides is 1. The van der Waals surface area contributed by atoms with Crippen molar-refractivity contribution in [2.75, 3.05) is 38.6 Å². The normalized spacial score (nSPS) is 16.4. The molecule has 0 aromatic heterocycles. The maximum Gasteiger partial charge on any atom is 0.261 e. The molecule has 0 bridgehead atoms. The van der Waals surface area contributed by atoms with Crippen LogP contribution in [0.2, 0.25) is 0 Å². The number of anilines is 1. The topological polar surface area (TPSA) is 68.7 Å². The van der Waals surface area contributed by atoms with E-state index in [0.29, 0.717) is 24.4 Å². The minimum Gasteiger partial charge on any atom is -0.483 e. The molecule has 2 aromatic rings. The van der Waals surface area contributed by atoms with Crippen LogP contribution in [0.1, 0.15) is 38.4 Å². The molecule has 6 nitrogen and oxygen atoms in total. The molecule has 1 heterocycles. The highest BCUT2D eigenvalue weighted by Crippen LogP contribution is 2.35. The number of hydrogen-bond acceptors (Lipinski definition) is 5. The third-order valence-corrected chi connectivity index (χ3v) is 6.30. The van der Waals surface area contributed by atoms with Gasteiger partial charge in [-0.25, -0.2) is 0 Å². The van der Waals surface area contributed by atoms with Crippen molar-refractivity contribution >= 4 is 17.8 Å². The summed E-state index contributed by atoms with van der Waals surface area (Å²) in [6, 6.07) is 17.9. The Balaban J connectivity index is 1.98. The van der Waals surface area contributed by atoms with E-state index in [-0.39, 0.29) is 17.9 Å². The molecule has 176 valence electrons. The van der Waals surface area contributed by atoms with Gasteiger partial charge in [0.15, 0.2) is 0 Å². The van der Waals surface area contributed by atoms with Crippen LogP contribution in [-0.4, -0.2) is 50.8 Å². The number of likely N-dealkylation sites (N-methyl/N-ethyl adjacent to an activating group) is 1. The van der Waals surface area contributed by atoms with Crippen LogP contribution in [0.5, 0.6) is 5.75 Å². The molecule has 0 fully saturated rings. The predicted octanol–water partition coefficient (Wildman–Crippen LogP) is 4.64. The molecule has 1 aliphatic rings. The van der Waals surface area contributed by atoms with Crippen molar-refractivity contribution in [3.63, 3.8) is 0 Å². The largest absolute Gasteiger partial charge is 0.483 e. The highest BCUT2D eigenvalue weighted by Gasteiger charge is 2.31. The van der Waals surface area contributed by atoms with E-state index in [1.165, 1.54) is 6.21 Å². The Morgan fingerprint density at radius 2 is 1.82 bits per heavy atom. The maximum atomic E-state index is 13.7. The van der Waals surface area contributed by atoms with E-state index in [4.69, 9.17) is 10.1 Å². The number of nitrogens with zero attached hydrogens (tertiary/aromatic N) is 2. The number of benzene rings is 2. The number of hydrogen-bond donors (Lipinski definition) is 2. The van der Waals surface area contributed by atoms with Gasteiger partial charge in [0.2, 0.25) is 0 Å². The van der Waals surface area contributed by atoms with E-state index in [9.17, 15) is 4.79 Å². The van der Waals surface area contributed by atoms with Gasteiger partial charge in [0.05, 0.1) is 11.3 Å². The molecular weight excluding hydrogens is 412 g/mol. The van der Waals surface area contributed by atoms with Gasteiger partial charge in [0.1, 0.15) is 11.9 Å². The second kappa shape index (κ2) is 11.7. The first kappa shape index (κ1) is 24.5. The quantitative estimate of drug-likeness (QED) is 0.520. The SMILES string of the molecule is CCC(C)C1=C(C=N)C(=O)N(c2ccccc2OC(CCNC)c2ccccc2)CCN1C. The van der Waals surface area contributed by atoms with E-state index >= 15 is 0 Å². The third kappa shape index (κ3) is 5.63. The number of para-hydroxylation sites is 2. The first-order valence-corrected chi connectivity index (χ1v) is 11.7. The standard InChI is InChI=1S/C27H36N4O2/c1-5-20(2)26-22(19-28)27(32)31(18-17-30(26)4)23-13-9-10-14-25(23)33-24(15-16-29-3)21-11-7-6-8-12-21/h6-14,19-20,24,28-29H,5,15-18H2,1-4H3. The molecule has 2 N–H and O–H groups in total. The monoisotopic (exact) mass is 448 g/mol. The van der Waals surface area contributed by atoms with E-state index in [1.54, 1.807) is 4.90 Å². The van der Waals surface area contributed by atoms with Gasteiger partial charge in [-0.1, -0.05) is 56.3 Å². The summed E-state index contributed by atoms with van der Waals surface area (Å²) >= 11 is 0. The van der Waals surface area contributed by atoms with Gasteiger partial charge in [0, 0.05) is 38.5 Å². The number of nitrogens with one attached hydrogen (secondary N) is 2. The van der Waals surface area contributed by atoms with Crippen LogP contribution in [0, 0.1) is 11.3 Å². The fourth-order valence-electron chi connectivity index (χ4n) is 4.30. The first-order valence-electron chi connectivity index (χ1n) is 11.7. The zero-order chi connectivity index (χ0) is 23.8. The molecule has 6 heteroatoms. The molecule has 2 atom stereocenters. The van der Waals surface area contributed by atoms with Crippen LogP contribution in [0.3, 0.4) is 0 Å². The Labute approximate surface area is 197 Å². The Kier molecular flexibility index (Phi) is 8.66. The maximum absolute atomic E-state index is 13.7. The average Bonchev–Trinajstić information content (AvgIpc) is 2.97. The van der Waals surface area contributed by atoms with Crippen LogP contribution in [0.4, 0.5) is 5.69 Å². The van der Waals surface area contributed by atoms with E-state index < -0.39 is 0 Å². The summed E-state index contributed by atoms with van der Waals surface area (Å²) < 4.78 is 6.55. The van der Waals surface area contributed by atoms with E-state index in [0.717, 1.165) is 36.3 Å².